The summed E-state index contributed by atoms with van der Waals surface area (Å²) in [4.78, 5) is 12.2. The third-order valence-electron chi connectivity index (χ3n) is 4.01. The molecule has 0 aliphatic heterocycles. The molecule has 3 nitrogen and oxygen atoms in total. The van der Waals surface area contributed by atoms with Gasteiger partial charge in [0, 0.05) is 10.8 Å². The fraction of sp³-hybridized carbons (Fsp3) is 0.0500. The molecule has 1 aromatic heterocycles. The first-order valence-electron chi connectivity index (χ1n) is 7.53. The Balaban J connectivity index is 1.72. The number of aromatic nitrogens is 1. The Labute approximate surface area is 133 Å². The monoisotopic (exact) mass is 301 g/mol. The van der Waals surface area contributed by atoms with Crippen molar-refractivity contribution in [2.24, 2.45) is 0 Å². The molecule has 0 amide bonds. The van der Waals surface area contributed by atoms with Gasteiger partial charge in [0.2, 0.25) is 0 Å². The molecule has 0 N–H and O–H groups in total. The van der Waals surface area contributed by atoms with Gasteiger partial charge in [-0.05, 0) is 24.3 Å². The highest BCUT2D eigenvalue weighted by Crippen LogP contribution is 2.28. The highest BCUT2D eigenvalue weighted by atomic mass is 16.5. The van der Waals surface area contributed by atoms with Gasteiger partial charge in [-0.2, -0.15) is 0 Å². The highest BCUT2D eigenvalue weighted by molar-refractivity contribution is 6.07. The average molecular weight is 301 g/mol. The number of esters is 1. The molecule has 0 aliphatic carbocycles. The van der Waals surface area contributed by atoms with E-state index in [1.807, 2.05) is 59.2 Å². The van der Waals surface area contributed by atoms with E-state index >= 15 is 0 Å². The van der Waals surface area contributed by atoms with Crippen LogP contribution in [-0.2, 0) is 11.5 Å². The van der Waals surface area contributed by atoms with Crippen LogP contribution in [0.15, 0.2) is 78.9 Å². The number of carbonyl (C=O) groups is 1. The van der Waals surface area contributed by atoms with Gasteiger partial charge in [0.25, 0.3) is 0 Å². The zero-order valence-corrected chi connectivity index (χ0v) is 12.5. The topological polar surface area (TPSA) is 31.2 Å². The largest absolute Gasteiger partial charge is 0.440 e. The van der Waals surface area contributed by atoms with Crippen molar-refractivity contribution in [1.29, 1.82) is 0 Å². The third-order valence-corrected chi connectivity index (χ3v) is 4.01. The van der Waals surface area contributed by atoms with Gasteiger partial charge in [0.15, 0.2) is 6.73 Å². The van der Waals surface area contributed by atoms with E-state index in [1.54, 1.807) is 12.1 Å². The van der Waals surface area contributed by atoms with E-state index in [2.05, 4.69) is 12.1 Å². The van der Waals surface area contributed by atoms with Gasteiger partial charge in [-0.25, -0.2) is 4.79 Å². The van der Waals surface area contributed by atoms with Crippen molar-refractivity contribution >= 4 is 27.8 Å². The number of fused-ring (bicyclic) bond motifs is 3. The summed E-state index contributed by atoms with van der Waals surface area (Å²) in [6, 6.07) is 25.4. The molecule has 1 heterocycles. The van der Waals surface area contributed by atoms with E-state index < -0.39 is 0 Å². The number of hydrogen-bond acceptors (Lipinski definition) is 2. The maximum absolute atomic E-state index is 12.2. The molecule has 112 valence electrons. The fourth-order valence-electron chi connectivity index (χ4n) is 2.92. The molecule has 3 aromatic carbocycles. The summed E-state index contributed by atoms with van der Waals surface area (Å²) in [6.45, 7) is 0.196. The molecule has 0 unspecified atom stereocenters. The predicted octanol–water partition coefficient (Wildman–Crippen LogP) is 4.61. The first kappa shape index (κ1) is 13.6. The molecule has 3 heteroatoms. The van der Waals surface area contributed by atoms with Gasteiger partial charge in [-0.15, -0.1) is 0 Å². The number of nitrogens with zero attached hydrogens (tertiary/aromatic N) is 1. The van der Waals surface area contributed by atoms with Gasteiger partial charge in [0.05, 0.1) is 16.6 Å². The van der Waals surface area contributed by atoms with E-state index in [1.165, 1.54) is 10.8 Å². The lowest BCUT2D eigenvalue weighted by molar-refractivity contribution is 0.0386. The molecular formula is C20H15NO2. The molecule has 0 aliphatic rings. The Morgan fingerprint density at radius 1 is 0.739 bits per heavy atom. The van der Waals surface area contributed by atoms with E-state index in [-0.39, 0.29) is 12.7 Å². The lowest BCUT2D eigenvalue weighted by Gasteiger charge is -2.09. The average Bonchev–Trinajstić information content (AvgIpc) is 2.94. The van der Waals surface area contributed by atoms with Crippen molar-refractivity contribution in [1.82, 2.24) is 4.57 Å². The number of hydrogen-bond donors (Lipinski definition) is 0. The van der Waals surface area contributed by atoms with Crippen LogP contribution >= 0.6 is 0 Å². The molecule has 0 fully saturated rings. The summed E-state index contributed by atoms with van der Waals surface area (Å²) in [5.41, 5.74) is 2.69. The van der Waals surface area contributed by atoms with Crippen LogP contribution in [0.4, 0.5) is 0 Å². The minimum Gasteiger partial charge on any atom is -0.440 e. The Hall–Kier alpha value is -3.07. The zero-order valence-electron chi connectivity index (χ0n) is 12.5. The summed E-state index contributed by atoms with van der Waals surface area (Å²) in [5.74, 6) is -0.313. The van der Waals surface area contributed by atoms with Gasteiger partial charge in [-0.1, -0.05) is 54.6 Å². The van der Waals surface area contributed by atoms with Gasteiger partial charge in [-0.3, -0.25) is 0 Å². The SMILES string of the molecule is O=C(OCn1c2ccccc2c2ccccc21)c1ccccc1. The van der Waals surface area contributed by atoms with Gasteiger partial charge in [0.1, 0.15) is 0 Å². The molecule has 0 spiro atoms. The Bertz CT molecular complexity index is 933. The van der Waals surface area contributed by atoms with Crippen molar-refractivity contribution in [2.45, 2.75) is 6.73 Å². The summed E-state index contributed by atoms with van der Waals surface area (Å²) >= 11 is 0. The van der Waals surface area contributed by atoms with Gasteiger partial charge >= 0.3 is 5.97 Å². The van der Waals surface area contributed by atoms with Crippen LogP contribution in [-0.4, -0.2) is 10.5 Å². The molecule has 0 bridgehead atoms. The highest BCUT2D eigenvalue weighted by Gasteiger charge is 2.12. The lowest BCUT2D eigenvalue weighted by atomic mass is 10.2. The molecular weight excluding hydrogens is 286 g/mol. The van der Waals surface area contributed by atoms with Crippen molar-refractivity contribution in [3.8, 4) is 0 Å². The zero-order chi connectivity index (χ0) is 15.6. The van der Waals surface area contributed by atoms with Crippen LogP contribution in [0.1, 0.15) is 10.4 Å². The quantitative estimate of drug-likeness (QED) is 0.517. The molecule has 0 atom stereocenters. The van der Waals surface area contributed by atoms with Crippen LogP contribution in [0, 0.1) is 0 Å². The number of para-hydroxylation sites is 2. The smallest absolute Gasteiger partial charge is 0.339 e. The van der Waals surface area contributed by atoms with E-state index in [0.717, 1.165) is 11.0 Å². The minimum absolute atomic E-state index is 0.196. The molecule has 0 saturated heterocycles. The second-order valence-corrected chi connectivity index (χ2v) is 5.39. The van der Waals surface area contributed by atoms with Gasteiger partial charge < -0.3 is 9.30 Å². The van der Waals surface area contributed by atoms with Crippen molar-refractivity contribution in [3.63, 3.8) is 0 Å². The summed E-state index contributed by atoms with van der Waals surface area (Å²) in [7, 11) is 0. The second kappa shape index (κ2) is 5.61. The second-order valence-electron chi connectivity index (χ2n) is 5.39. The fourth-order valence-corrected chi connectivity index (χ4v) is 2.92. The number of ether oxygens (including phenoxy) is 1. The maximum Gasteiger partial charge on any atom is 0.339 e. The summed E-state index contributed by atoms with van der Waals surface area (Å²) in [5, 5.41) is 2.33. The summed E-state index contributed by atoms with van der Waals surface area (Å²) < 4.78 is 7.55. The minimum atomic E-state index is -0.313. The number of carbonyl (C=O) groups excluding carboxylic acids is 1. The van der Waals surface area contributed by atoms with Crippen LogP contribution in [0.25, 0.3) is 21.8 Å². The maximum atomic E-state index is 12.2. The van der Waals surface area contributed by atoms with Crippen LogP contribution < -0.4 is 0 Å². The first-order valence-corrected chi connectivity index (χ1v) is 7.53. The normalized spacial score (nSPS) is 11.0. The van der Waals surface area contributed by atoms with Crippen LogP contribution in [0.2, 0.25) is 0 Å². The third kappa shape index (κ3) is 2.36. The van der Waals surface area contributed by atoms with E-state index in [0.29, 0.717) is 5.56 Å². The molecule has 4 rings (SSSR count). The molecule has 0 radical (unpaired) electrons. The predicted molar refractivity (Wildman–Crippen MR) is 91.3 cm³/mol. The molecule has 23 heavy (non-hydrogen) atoms. The lowest BCUT2D eigenvalue weighted by Crippen LogP contribution is -2.09. The van der Waals surface area contributed by atoms with Crippen molar-refractivity contribution < 1.29 is 9.53 Å². The summed E-state index contributed by atoms with van der Waals surface area (Å²) in [6.07, 6.45) is 0. The van der Waals surface area contributed by atoms with Crippen LogP contribution in [0.5, 0.6) is 0 Å². The first-order chi connectivity index (χ1) is 11.3. The van der Waals surface area contributed by atoms with E-state index in [9.17, 15) is 4.79 Å². The van der Waals surface area contributed by atoms with Crippen molar-refractivity contribution in [2.75, 3.05) is 0 Å². The standard InChI is InChI=1S/C20H15NO2/c22-20(15-8-2-1-3-9-15)23-14-21-18-12-6-4-10-16(18)17-11-5-7-13-19(17)21/h1-13H,14H2. The number of benzene rings is 3. The molecule has 0 saturated carbocycles. The Morgan fingerprint density at radius 3 is 1.87 bits per heavy atom. The molecule has 4 aromatic rings. The number of rotatable bonds is 3. The van der Waals surface area contributed by atoms with Crippen LogP contribution in [0.3, 0.4) is 0 Å². The Morgan fingerprint density at radius 2 is 1.26 bits per heavy atom. The van der Waals surface area contributed by atoms with Crippen molar-refractivity contribution in [3.05, 3.63) is 84.4 Å². The van der Waals surface area contributed by atoms with E-state index in [4.69, 9.17) is 4.74 Å². The Kier molecular flexibility index (Phi) is 3.31.